The van der Waals surface area contributed by atoms with Crippen molar-refractivity contribution in [1.29, 1.82) is 5.26 Å². The number of likely N-dealkylation sites (tertiary alicyclic amines) is 1. The predicted molar refractivity (Wildman–Crippen MR) is 112 cm³/mol. The summed E-state index contributed by atoms with van der Waals surface area (Å²) in [5.74, 6) is -0.325. The van der Waals surface area contributed by atoms with Crippen LogP contribution in [0.1, 0.15) is 44.1 Å². The highest BCUT2D eigenvalue weighted by atomic mass is 16.5. The molecule has 0 bridgehead atoms. The van der Waals surface area contributed by atoms with Gasteiger partial charge in [0.2, 0.25) is 0 Å². The van der Waals surface area contributed by atoms with Crippen LogP contribution in [0.4, 0.5) is 5.69 Å². The molecule has 1 saturated carbocycles. The third-order valence-corrected chi connectivity index (χ3v) is 5.95. The Morgan fingerprint density at radius 3 is 2.55 bits per heavy atom. The highest BCUT2D eigenvalue weighted by Crippen LogP contribution is 2.35. The number of benzene rings is 1. The van der Waals surface area contributed by atoms with Crippen LogP contribution in [-0.4, -0.2) is 50.1 Å². The zero-order valence-electron chi connectivity index (χ0n) is 17.3. The first kappa shape index (κ1) is 20.9. The first-order valence-electron chi connectivity index (χ1n) is 10.4. The fraction of sp³-hybridized carbons (Fsp3) is 0.522. The third-order valence-electron chi connectivity index (χ3n) is 5.95. The van der Waals surface area contributed by atoms with E-state index in [1.54, 1.807) is 0 Å². The van der Waals surface area contributed by atoms with Gasteiger partial charge in [-0.2, -0.15) is 5.26 Å². The van der Waals surface area contributed by atoms with Crippen LogP contribution in [0.3, 0.4) is 0 Å². The van der Waals surface area contributed by atoms with Gasteiger partial charge in [-0.3, -0.25) is 4.79 Å². The zero-order chi connectivity index (χ0) is 20.8. The normalized spacial score (nSPS) is 21.7. The van der Waals surface area contributed by atoms with E-state index in [0.29, 0.717) is 5.92 Å². The van der Waals surface area contributed by atoms with Gasteiger partial charge in [0.1, 0.15) is 11.6 Å². The lowest BCUT2D eigenvalue weighted by Gasteiger charge is -2.44. The third kappa shape index (κ3) is 5.17. The Balaban J connectivity index is 1.59. The van der Waals surface area contributed by atoms with E-state index in [1.807, 2.05) is 54.2 Å². The Labute approximate surface area is 172 Å². The molecule has 0 radical (unpaired) electrons. The van der Waals surface area contributed by atoms with Crippen LogP contribution in [0.5, 0.6) is 0 Å². The number of piperidine rings is 1. The Kier molecular flexibility index (Phi) is 6.92. The molecule has 2 fully saturated rings. The van der Waals surface area contributed by atoms with E-state index in [9.17, 15) is 14.9 Å². The first-order valence-corrected chi connectivity index (χ1v) is 10.4. The summed E-state index contributed by atoms with van der Waals surface area (Å²) in [6.07, 6.45) is 8.29. The van der Waals surface area contributed by atoms with Crippen molar-refractivity contribution in [2.24, 2.45) is 5.92 Å². The molecule has 1 heterocycles. The first-order chi connectivity index (χ1) is 14.0. The van der Waals surface area contributed by atoms with Crippen molar-refractivity contribution in [2.75, 3.05) is 32.1 Å². The van der Waals surface area contributed by atoms with E-state index >= 15 is 0 Å². The summed E-state index contributed by atoms with van der Waals surface area (Å²) in [6.45, 7) is 0.428. The minimum Gasteiger partial charge on any atom is -0.451 e. The van der Waals surface area contributed by atoms with Crippen LogP contribution < -0.4 is 4.90 Å². The smallest absolute Gasteiger partial charge is 0.349 e. The highest BCUT2D eigenvalue weighted by Gasteiger charge is 2.35. The van der Waals surface area contributed by atoms with E-state index < -0.39 is 5.97 Å². The number of hydrogen-bond donors (Lipinski definition) is 0. The summed E-state index contributed by atoms with van der Waals surface area (Å²) in [5, 5.41) is 9.35. The second-order valence-electron chi connectivity index (χ2n) is 8.07. The Morgan fingerprint density at radius 2 is 1.86 bits per heavy atom. The molecule has 1 aromatic carbocycles. The van der Waals surface area contributed by atoms with Gasteiger partial charge < -0.3 is 14.5 Å². The largest absolute Gasteiger partial charge is 0.451 e. The molecule has 0 unspecified atom stereocenters. The average molecular weight is 396 g/mol. The van der Waals surface area contributed by atoms with Crippen molar-refractivity contribution in [1.82, 2.24) is 4.90 Å². The number of nitriles is 1. The fourth-order valence-electron chi connectivity index (χ4n) is 4.39. The standard InChI is InChI=1S/C23H29N3O3/c1-25(2)20-11-9-17(10-12-20)14-19(15-24)23(28)29-16-22(27)26-13-5-7-18-6-3-4-8-21(18)26/h9-12,14,18,21H,3-8,13,16H2,1-2H3/b19-14+/t18-,21+/m0/s1. The number of esters is 1. The van der Waals surface area contributed by atoms with Crippen molar-refractivity contribution >= 4 is 23.6 Å². The van der Waals surface area contributed by atoms with Gasteiger partial charge in [0.25, 0.3) is 5.91 Å². The number of hydrogen-bond acceptors (Lipinski definition) is 5. The minimum atomic E-state index is -0.755. The number of rotatable bonds is 5. The average Bonchev–Trinajstić information content (AvgIpc) is 2.75. The summed E-state index contributed by atoms with van der Waals surface area (Å²) in [7, 11) is 3.88. The van der Waals surface area contributed by atoms with Gasteiger partial charge in [-0.1, -0.05) is 25.0 Å². The summed E-state index contributed by atoms with van der Waals surface area (Å²) in [6, 6.07) is 9.66. The molecule has 3 rings (SSSR count). The Bertz CT molecular complexity index is 806. The molecule has 0 N–H and O–H groups in total. The van der Waals surface area contributed by atoms with Crippen molar-refractivity contribution in [3.8, 4) is 6.07 Å². The maximum absolute atomic E-state index is 12.7. The second kappa shape index (κ2) is 9.60. The van der Waals surface area contributed by atoms with Crippen LogP contribution in [0.15, 0.2) is 29.8 Å². The number of carbonyl (C=O) groups excluding carboxylic acids is 2. The summed E-state index contributed by atoms with van der Waals surface area (Å²) < 4.78 is 5.19. The molecular weight excluding hydrogens is 366 g/mol. The molecule has 6 nitrogen and oxygen atoms in total. The van der Waals surface area contributed by atoms with Crippen molar-refractivity contribution < 1.29 is 14.3 Å². The molecule has 2 atom stereocenters. The molecule has 1 aliphatic carbocycles. The molecular formula is C23H29N3O3. The second-order valence-corrected chi connectivity index (χ2v) is 8.07. The number of anilines is 1. The Hall–Kier alpha value is -2.81. The van der Waals surface area contributed by atoms with Crippen molar-refractivity contribution in [2.45, 2.75) is 44.6 Å². The predicted octanol–water partition coefficient (Wildman–Crippen LogP) is 3.38. The van der Waals surface area contributed by atoms with Crippen LogP contribution in [0, 0.1) is 17.2 Å². The lowest BCUT2D eigenvalue weighted by atomic mass is 9.78. The summed E-state index contributed by atoms with van der Waals surface area (Å²) in [5.41, 5.74) is 1.65. The molecule has 6 heteroatoms. The van der Waals surface area contributed by atoms with Crippen molar-refractivity contribution in [3.63, 3.8) is 0 Å². The quantitative estimate of drug-likeness (QED) is 0.434. The van der Waals surface area contributed by atoms with E-state index in [2.05, 4.69) is 0 Å². The monoisotopic (exact) mass is 395 g/mol. The molecule has 1 saturated heterocycles. The van der Waals surface area contributed by atoms with Gasteiger partial charge in [-0.15, -0.1) is 0 Å². The maximum atomic E-state index is 12.7. The SMILES string of the molecule is CN(C)c1ccc(/C=C(\C#N)C(=O)OCC(=O)N2CCC[C@@H]3CCCC[C@H]32)cc1. The van der Waals surface area contributed by atoms with Gasteiger partial charge in [-0.05, 0) is 55.4 Å². The molecule has 1 aromatic rings. The Morgan fingerprint density at radius 1 is 1.17 bits per heavy atom. The lowest BCUT2D eigenvalue weighted by Crippen LogP contribution is -2.50. The molecule has 1 amide bonds. The molecule has 154 valence electrons. The van der Waals surface area contributed by atoms with Gasteiger partial charge in [0.15, 0.2) is 6.61 Å². The van der Waals surface area contributed by atoms with Gasteiger partial charge in [-0.25, -0.2) is 4.79 Å². The van der Waals surface area contributed by atoms with Crippen LogP contribution in [-0.2, 0) is 14.3 Å². The van der Waals surface area contributed by atoms with Crippen LogP contribution in [0.25, 0.3) is 6.08 Å². The lowest BCUT2D eigenvalue weighted by molar-refractivity contribution is -0.152. The topological polar surface area (TPSA) is 73.6 Å². The van der Waals surface area contributed by atoms with E-state index in [1.165, 1.54) is 25.3 Å². The molecule has 0 aromatic heterocycles. The van der Waals surface area contributed by atoms with Crippen molar-refractivity contribution in [3.05, 3.63) is 35.4 Å². The van der Waals surface area contributed by atoms with Gasteiger partial charge in [0.05, 0.1) is 0 Å². The van der Waals surface area contributed by atoms with Crippen LogP contribution >= 0.6 is 0 Å². The number of nitrogens with zero attached hydrogens (tertiary/aromatic N) is 3. The number of fused-ring (bicyclic) bond motifs is 1. The van der Waals surface area contributed by atoms with Gasteiger partial charge >= 0.3 is 5.97 Å². The summed E-state index contributed by atoms with van der Waals surface area (Å²) >= 11 is 0. The minimum absolute atomic E-state index is 0.107. The van der Waals surface area contributed by atoms with Crippen LogP contribution in [0.2, 0.25) is 0 Å². The number of amides is 1. The van der Waals surface area contributed by atoms with E-state index in [0.717, 1.165) is 37.1 Å². The zero-order valence-corrected chi connectivity index (χ0v) is 17.3. The fourth-order valence-corrected chi connectivity index (χ4v) is 4.39. The molecule has 29 heavy (non-hydrogen) atoms. The maximum Gasteiger partial charge on any atom is 0.349 e. The molecule has 0 spiro atoms. The number of carbonyl (C=O) groups is 2. The van der Waals surface area contributed by atoms with E-state index in [4.69, 9.17) is 4.74 Å². The molecule has 2 aliphatic rings. The van der Waals surface area contributed by atoms with Gasteiger partial charge in [0, 0.05) is 32.4 Å². The number of ether oxygens (including phenoxy) is 1. The highest BCUT2D eigenvalue weighted by molar-refractivity contribution is 5.98. The molecule has 1 aliphatic heterocycles. The van der Waals surface area contributed by atoms with E-state index in [-0.39, 0.29) is 24.1 Å². The summed E-state index contributed by atoms with van der Waals surface area (Å²) in [4.78, 5) is 28.9.